The fraction of sp³-hybridized carbons (Fsp3) is 0.154. The SMILES string of the molecule is CN(C)S(=O)N(Cc1ccccc1)c1c(N)nc(-c2nn(Cc3ccccc3F)c3ncccc23)nc1N. The normalized spacial score (nSPS) is 12.2. The van der Waals surface area contributed by atoms with E-state index in [4.69, 9.17) is 11.5 Å². The molecule has 3 aromatic heterocycles. The van der Waals surface area contributed by atoms with Crippen LogP contribution in [0.2, 0.25) is 0 Å². The first-order valence-corrected chi connectivity index (χ1v) is 12.8. The topological polar surface area (TPSA) is 132 Å². The first-order chi connectivity index (χ1) is 18.3. The van der Waals surface area contributed by atoms with Crippen LogP contribution in [0, 0.1) is 5.82 Å². The lowest BCUT2D eigenvalue weighted by Gasteiger charge is -2.27. The van der Waals surface area contributed by atoms with E-state index in [9.17, 15) is 8.60 Å². The quantitative estimate of drug-likeness (QED) is 0.314. The van der Waals surface area contributed by atoms with Gasteiger partial charge in [0.05, 0.1) is 18.5 Å². The van der Waals surface area contributed by atoms with Gasteiger partial charge in [0.25, 0.3) is 0 Å². The number of hydrogen-bond donors (Lipinski definition) is 2. The second kappa shape index (κ2) is 10.5. The lowest BCUT2D eigenvalue weighted by Crippen LogP contribution is -2.35. The Morgan fingerprint density at radius 3 is 2.32 bits per heavy atom. The van der Waals surface area contributed by atoms with E-state index in [2.05, 4.69) is 20.1 Å². The highest BCUT2D eigenvalue weighted by atomic mass is 32.2. The monoisotopic (exact) mass is 531 g/mol. The number of pyridine rings is 1. The Kier molecular flexibility index (Phi) is 6.99. The second-order valence-electron chi connectivity index (χ2n) is 8.70. The van der Waals surface area contributed by atoms with Crippen molar-refractivity contribution in [3.05, 3.63) is 89.9 Å². The standard InChI is InChI=1S/C26H26FN9OS/c1-34(2)38(37)36(15-17-9-4-3-5-10-17)22-23(28)31-25(32-24(22)29)21-19-12-8-14-30-26(19)35(33-21)16-18-11-6-7-13-20(18)27/h3-14H,15-16H2,1-2H3,(H4,28,29,31,32). The van der Waals surface area contributed by atoms with Gasteiger partial charge in [-0.3, -0.25) is 4.31 Å². The van der Waals surface area contributed by atoms with Crippen LogP contribution < -0.4 is 15.8 Å². The van der Waals surface area contributed by atoms with Crippen molar-refractivity contribution in [1.82, 2.24) is 29.0 Å². The number of fused-ring (bicyclic) bond motifs is 1. The maximum atomic E-state index is 14.4. The van der Waals surface area contributed by atoms with Gasteiger partial charge in [-0.1, -0.05) is 48.5 Å². The van der Waals surface area contributed by atoms with Gasteiger partial charge in [0.15, 0.2) is 34.3 Å². The highest BCUT2D eigenvalue weighted by Crippen LogP contribution is 2.34. The zero-order valence-electron chi connectivity index (χ0n) is 20.8. The third-order valence-electron chi connectivity index (χ3n) is 5.85. The molecule has 0 bridgehead atoms. The van der Waals surface area contributed by atoms with E-state index in [1.807, 2.05) is 36.4 Å². The molecule has 1 unspecified atom stereocenters. The summed E-state index contributed by atoms with van der Waals surface area (Å²) in [5.74, 6) is -0.0434. The lowest BCUT2D eigenvalue weighted by atomic mass is 10.2. The first kappa shape index (κ1) is 25.2. The van der Waals surface area contributed by atoms with Crippen molar-refractivity contribution < 1.29 is 8.60 Å². The van der Waals surface area contributed by atoms with Gasteiger partial charge in [-0.25, -0.2) is 32.5 Å². The van der Waals surface area contributed by atoms with Crippen molar-refractivity contribution >= 4 is 39.5 Å². The van der Waals surface area contributed by atoms with E-state index >= 15 is 0 Å². The summed E-state index contributed by atoms with van der Waals surface area (Å²) < 4.78 is 32.3. The van der Waals surface area contributed by atoms with E-state index in [-0.39, 0.29) is 42.1 Å². The summed E-state index contributed by atoms with van der Waals surface area (Å²) in [6.45, 7) is 0.433. The Balaban J connectivity index is 1.58. The Morgan fingerprint density at radius 1 is 0.947 bits per heavy atom. The van der Waals surface area contributed by atoms with Crippen LogP contribution in [-0.2, 0) is 24.3 Å². The molecular weight excluding hydrogens is 505 g/mol. The van der Waals surface area contributed by atoms with Crippen LogP contribution in [0.3, 0.4) is 0 Å². The number of hydrogen-bond acceptors (Lipinski definition) is 7. The molecule has 0 saturated heterocycles. The number of nitrogens with two attached hydrogens (primary N) is 2. The van der Waals surface area contributed by atoms with Crippen LogP contribution in [-0.4, -0.2) is 47.3 Å². The van der Waals surface area contributed by atoms with E-state index in [0.29, 0.717) is 22.3 Å². The van der Waals surface area contributed by atoms with Crippen molar-refractivity contribution in [2.45, 2.75) is 13.1 Å². The fourth-order valence-electron chi connectivity index (χ4n) is 4.08. The summed E-state index contributed by atoms with van der Waals surface area (Å²) >= 11 is -1.61. The summed E-state index contributed by atoms with van der Waals surface area (Å²) in [7, 11) is 3.38. The van der Waals surface area contributed by atoms with Crippen LogP contribution in [0.15, 0.2) is 72.9 Å². The Labute approximate surface area is 221 Å². The highest BCUT2D eigenvalue weighted by molar-refractivity contribution is 7.84. The first-order valence-electron chi connectivity index (χ1n) is 11.7. The molecule has 5 aromatic rings. The molecule has 2 aromatic carbocycles. The van der Waals surface area contributed by atoms with Gasteiger partial charge in [0.2, 0.25) is 0 Å². The zero-order valence-corrected chi connectivity index (χ0v) is 21.6. The molecule has 0 radical (unpaired) electrons. The molecule has 0 aliphatic heterocycles. The van der Waals surface area contributed by atoms with Gasteiger partial charge in [-0.05, 0) is 23.8 Å². The molecule has 0 aliphatic rings. The molecule has 3 heterocycles. The molecule has 5 rings (SSSR count). The maximum Gasteiger partial charge on any atom is 0.199 e. The third kappa shape index (κ3) is 4.91. The van der Waals surface area contributed by atoms with Crippen molar-refractivity contribution in [3.63, 3.8) is 0 Å². The minimum atomic E-state index is -1.61. The molecule has 194 valence electrons. The minimum Gasteiger partial charge on any atom is -0.382 e. The van der Waals surface area contributed by atoms with Crippen LogP contribution in [0.5, 0.6) is 0 Å². The van der Waals surface area contributed by atoms with E-state index in [1.54, 1.807) is 57.8 Å². The molecule has 38 heavy (non-hydrogen) atoms. The van der Waals surface area contributed by atoms with Crippen LogP contribution in [0.4, 0.5) is 21.7 Å². The number of anilines is 3. The maximum absolute atomic E-state index is 14.4. The number of rotatable bonds is 8. The van der Waals surface area contributed by atoms with Crippen molar-refractivity contribution in [3.8, 4) is 11.5 Å². The van der Waals surface area contributed by atoms with Gasteiger partial charge in [0.1, 0.15) is 17.2 Å². The Morgan fingerprint density at radius 2 is 1.63 bits per heavy atom. The van der Waals surface area contributed by atoms with Gasteiger partial charge >= 0.3 is 0 Å². The van der Waals surface area contributed by atoms with Crippen LogP contribution in [0.1, 0.15) is 11.1 Å². The minimum absolute atomic E-state index is 0.0549. The molecule has 0 saturated carbocycles. The number of nitrogens with zero attached hydrogens (tertiary/aromatic N) is 7. The number of benzene rings is 2. The average molecular weight is 532 g/mol. The van der Waals surface area contributed by atoms with Gasteiger partial charge < -0.3 is 11.5 Å². The molecule has 0 spiro atoms. The predicted octanol–water partition coefficient (Wildman–Crippen LogP) is 3.39. The van der Waals surface area contributed by atoms with Gasteiger partial charge in [-0.15, -0.1) is 0 Å². The number of nitrogen functional groups attached to an aromatic ring is 2. The van der Waals surface area contributed by atoms with Crippen molar-refractivity contribution in [2.75, 3.05) is 29.9 Å². The molecule has 0 amide bonds. The summed E-state index contributed by atoms with van der Waals surface area (Å²) in [6, 6.07) is 19.6. The summed E-state index contributed by atoms with van der Waals surface area (Å²) in [5.41, 5.74) is 15.4. The third-order valence-corrected chi connectivity index (χ3v) is 7.17. The second-order valence-corrected chi connectivity index (χ2v) is 10.3. The summed E-state index contributed by atoms with van der Waals surface area (Å²) in [5, 5.41) is 5.31. The molecule has 1 atom stereocenters. The van der Waals surface area contributed by atoms with Crippen molar-refractivity contribution in [2.24, 2.45) is 0 Å². The van der Waals surface area contributed by atoms with Crippen molar-refractivity contribution in [1.29, 1.82) is 0 Å². The highest BCUT2D eigenvalue weighted by Gasteiger charge is 2.26. The molecular formula is C26H26FN9OS. The Hall–Kier alpha value is -4.42. The summed E-state index contributed by atoms with van der Waals surface area (Å²) in [4.78, 5) is 13.5. The largest absolute Gasteiger partial charge is 0.382 e. The average Bonchev–Trinajstić information content (AvgIpc) is 3.27. The number of halogens is 1. The van der Waals surface area contributed by atoms with Gasteiger partial charge in [-0.2, -0.15) is 5.10 Å². The molecule has 0 fully saturated rings. The zero-order chi connectivity index (χ0) is 26.8. The lowest BCUT2D eigenvalue weighted by molar-refractivity contribution is 0.589. The van der Waals surface area contributed by atoms with E-state index in [1.165, 1.54) is 6.07 Å². The predicted molar refractivity (Wildman–Crippen MR) is 147 cm³/mol. The molecule has 10 nitrogen and oxygen atoms in total. The molecule has 4 N–H and O–H groups in total. The fourth-order valence-corrected chi connectivity index (χ4v) is 5.08. The molecule has 0 aliphatic carbocycles. The molecule has 12 heteroatoms. The van der Waals surface area contributed by atoms with E-state index in [0.717, 1.165) is 5.56 Å². The smallest absolute Gasteiger partial charge is 0.199 e. The summed E-state index contributed by atoms with van der Waals surface area (Å²) in [6.07, 6.45) is 1.64. The van der Waals surface area contributed by atoms with Crippen LogP contribution >= 0.6 is 0 Å². The number of aromatic nitrogens is 5. The van der Waals surface area contributed by atoms with E-state index < -0.39 is 11.2 Å². The van der Waals surface area contributed by atoms with Gasteiger partial charge in [0, 0.05) is 25.9 Å². The Bertz CT molecular complexity index is 1600. The van der Waals surface area contributed by atoms with Crippen LogP contribution in [0.25, 0.3) is 22.6 Å².